The van der Waals surface area contributed by atoms with Crippen molar-refractivity contribution in [3.8, 4) is 0 Å². The molecule has 1 fully saturated rings. The van der Waals surface area contributed by atoms with Crippen LogP contribution in [0.3, 0.4) is 0 Å². The Hall–Kier alpha value is -2.58. The molecule has 190 valence electrons. The van der Waals surface area contributed by atoms with Crippen LogP contribution in [-0.2, 0) is 26.2 Å². The lowest BCUT2D eigenvalue weighted by molar-refractivity contribution is -0.141. The van der Waals surface area contributed by atoms with E-state index in [0.29, 0.717) is 23.7 Å². The lowest BCUT2D eigenvalue weighted by Gasteiger charge is -2.30. The van der Waals surface area contributed by atoms with Crippen molar-refractivity contribution in [2.45, 2.75) is 64.1 Å². The van der Waals surface area contributed by atoms with Crippen molar-refractivity contribution in [2.75, 3.05) is 17.1 Å². The first-order valence-electron chi connectivity index (χ1n) is 12.0. The average Bonchev–Trinajstić information content (AvgIpc) is 3.33. The lowest BCUT2D eigenvalue weighted by atomic mass is 10.1. The highest BCUT2D eigenvalue weighted by Gasteiger charge is 2.28. The predicted molar refractivity (Wildman–Crippen MR) is 140 cm³/mol. The van der Waals surface area contributed by atoms with Crippen LogP contribution in [-0.4, -0.2) is 50.0 Å². The molecule has 3 rings (SSSR count). The molecule has 0 heterocycles. The molecule has 2 aromatic carbocycles. The summed E-state index contributed by atoms with van der Waals surface area (Å²) >= 11 is 5.94. The number of anilines is 1. The highest BCUT2D eigenvalue weighted by atomic mass is 35.5. The van der Waals surface area contributed by atoms with E-state index in [4.69, 9.17) is 11.6 Å². The van der Waals surface area contributed by atoms with Crippen LogP contribution in [0.25, 0.3) is 0 Å². The first-order chi connectivity index (χ1) is 16.6. The van der Waals surface area contributed by atoms with Gasteiger partial charge in [-0.1, -0.05) is 54.8 Å². The summed E-state index contributed by atoms with van der Waals surface area (Å²) in [4.78, 5) is 27.9. The first-order valence-corrected chi connectivity index (χ1v) is 14.2. The standard InChI is InChI=1S/C26H34ClN3O4S/c1-20(26(32)28-23-11-6-7-12-23)29(19-21-9-4-3-5-10-21)25(31)13-8-18-30(35(2,33)34)24-16-14-22(27)15-17-24/h3-5,9-10,14-17,20,23H,6-8,11-13,18-19H2,1-2H3,(H,28,32)/t20-/m1/s1. The molecule has 1 aliphatic rings. The quantitative estimate of drug-likeness (QED) is 0.478. The van der Waals surface area contributed by atoms with Gasteiger partial charge in [-0.05, 0) is 56.0 Å². The predicted octanol–water partition coefficient (Wildman–Crippen LogP) is 4.36. The third-order valence-corrected chi connectivity index (χ3v) is 7.78. The number of sulfonamides is 1. The largest absolute Gasteiger partial charge is 0.352 e. The fourth-order valence-electron chi connectivity index (χ4n) is 4.37. The number of carbonyl (C=O) groups excluding carboxylic acids is 2. The van der Waals surface area contributed by atoms with Crippen LogP contribution in [0, 0.1) is 0 Å². The van der Waals surface area contributed by atoms with Crippen LogP contribution in [0.1, 0.15) is 51.0 Å². The molecule has 0 unspecified atom stereocenters. The molecule has 35 heavy (non-hydrogen) atoms. The van der Waals surface area contributed by atoms with E-state index >= 15 is 0 Å². The summed E-state index contributed by atoms with van der Waals surface area (Å²) in [6.45, 7) is 2.21. The zero-order valence-corrected chi connectivity index (χ0v) is 21.9. The number of benzene rings is 2. The van der Waals surface area contributed by atoms with Gasteiger partial charge in [0.2, 0.25) is 21.8 Å². The minimum absolute atomic E-state index is 0.119. The molecule has 7 nitrogen and oxygen atoms in total. The molecule has 0 saturated heterocycles. The minimum Gasteiger partial charge on any atom is -0.352 e. The number of rotatable bonds is 11. The third kappa shape index (κ3) is 7.97. The number of amides is 2. The highest BCUT2D eigenvalue weighted by Crippen LogP contribution is 2.22. The molecule has 1 saturated carbocycles. The Labute approximate surface area is 213 Å². The fraction of sp³-hybridized carbons (Fsp3) is 0.462. The number of halogens is 1. The van der Waals surface area contributed by atoms with E-state index in [2.05, 4.69) is 5.32 Å². The SMILES string of the molecule is C[C@H](C(=O)NC1CCCC1)N(Cc1ccccc1)C(=O)CCCN(c1ccc(Cl)cc1)S(C)(=O)=O. The summed E-state index contributed by atoms with van der Waals surface area (Å²) in [6, 6.07) is 15.6. The van der Waals surface area contributed by atoms with Gasteiger partial charge >= 0.3 is 0 Å². The molecule has 1 aliphatic carbocycles. The van der Waals surface area contributed by atoms with Crippen LogP contribution in [0.4, 0.5) is 5.69 Å². The van der Waals surface area contributed by atoms with E-state index in [1.807, 2.05) is 30.3 Å². The van der Waals surface area contributed by atoms with Crippen LogP contribution in [0.2, 0.25) is 5.02 Å². The summed E-state index contributed by atoms with van der Waals surface area (Å²) in [5.41, 5.74) is 1.43. The van der Waals surface area contributed by atoms with E-state index < -0.39 is 16.1 Å². The summed E-state index contributed by atoms with van der Waals surface area (Å²) in [7, 11) is -3.54. The zero-order valence-electron chi connectivity index (χ0n) is 20.3. The maximum absolute atomic E-state index is 13.3. The summed E-state index contributed by atoms with van der Waals surface area (Å²) in [6.07, 6.45) is 5.73. The molecule has 2 aromatic rings. The van der Waals surface area contributed by atoms with Crippen molar-refractivity contribution in [2.24, 2.45) is 0 Å². The monoisotopic (exact) mass is 519 g/mol. The van der Waals surface area contributed by atoms with Gasteiger partial charge in [-0.15, -0.1) is 0 Å². The molecule has 2 amide bonds. The van der Waals surface area contributed by atoms with Crippen LogP contribution < -0.4 is 9.62 Å². The van der Waals surface area contributed by atoms with Gasteiger partial charge in [0.1, 0.15) is 6.04 Å². The Morgan fingerprint density at radius 2 is 1.69 bits per heavy atom. The molecule has 9 heteroatoms. The maximum Gasteiger partial charge on any atom is 0.242 e. The Kier molecular flexibility index (Phi) is 9.57. The lowest BCUT2D eigenvalue weighted by Crippen LogP contribution is -2.49. The van der Waals surface area contributed by atoms with Gasteiger partial charge < -0.3 is 10.2 Å². The Morgan fingerprint density at radius 1 is 1.06 bits per heavy atom. The Balaban J connectivity index is 1.68. The third-order valence-electron chi connectivity index (χ3n) is 6.33. The minimum atomic E-state index is -3.54. The summed E-state index contributed by atoms with van der Waals surface area (Å²) in [5, 5.41) is 3.60. The molecule has 0 aliphatic heterocycles. The number of nitrogens with zero attached hydrogens (tertiary/aromatic N) is 2. The Morgan fingerprint density at radius 3 is 2.29 bits per heavy atom. The van der Waals surface area contributed by atoms with Gasteiger partial charge in [-0.25, -0.2) is 8.42 Å². The maximum atomic E-state index is 13.3. The fourth-order valence-corrected chi connectivity index (χ4v) is 5.46. The topological polar surface area (TPSA) is 86.8 Å². The zero-order chi connectivity index (χ0) is 25.4. The number of hydrogen-bond acceptors (Lipinski definition) is 4. The number of nitrogens with one attached hydrogen (secondary N) is 1. The van der Waals surface area contributed by atoms with E-state index in [1.165, 1.54) is 4.31 Å². The van der Waals surface area contributed by atoms with Gasteiger partial charge in [0.05, 0.1) is 11.9 Å². The van der Waals surface area contributed by atoms with Crippen molar-refractivity contribution in [3.05, 3.63) is 65.2 Å². The van der Waals surface area contributed by atoms with Crippen molar-refractivity contribution < 1.29 is 18.0 Å². The molecule has 0 aromatic heterocycles. The van der Waals surface area contributed by atoms with Crippen molar-refractivity contribution in [1.82, 2.24) is 10.2 Å². The molecule has 1 atom stereocenters. The van der Waals surface area contributed by atoms with E-state index in [-0.39, 0.29) is 30.8 Å². The van der Waals surface area contributed by atoms with E-state index in [9.17, 15) is 18.0 Å². The molecule has 0 radical (unpaired) electrons. The Bertz CT molecular complexity index is 1090. The highest BCUT2D eigenvalue weighted by molar-refractivity contribution is 7.92. The smallest absolute Gasteiger partial charge is 0.242 e. The van der Waals surface area contributed by atoms with Gasteiger partial charge in [0.25, 0.3) is 0 Å². The van der Waals surface area contributed by atoms with Crippen molar-refractivity contribution >= 4 is 39.1 Å². The second kappa shape index (κ2) is 12.4. The van der Waals surface area contributed by atoms with Crippen LogP contribution >= 0.6 is 11.6 Å². The molecule has 1 N–H and O–H groups in total. The average molecular weight is 520 g/mol. The van der Waals surface area contributed by atoms with E-state index in [0.717, 1.165) is 37.5 Å². The second-order valence-electron chi connectivity index (χ2n) is 9.09. The molecule has 0 bridgehead atoms. The van der Waals surface area contributed by atoms with Crippen molar-refractivity contribution in [3.63, 3.8) is 0 Å². The normalized spacial score (nSPS) is 14.9. The van der Waals surface area contributed by atoms with Gasteiger partial charge in [-0.2, -0.15) is 0 Å². The van der Waals surface area contributed by atoms with Gasteiger partial charge in [-0.3, -0.25) is 13.9 Å². The van der Waals surface area contributed by atoms with Crippen LogP contribution in [0.5, 0.6) is 0 Å². The van der Waals surface area contributed by atoms with Gasteiger partial charge in [0.15, 0.2) is 0 Å². The van der Waals surface area contributed by atoms with Crippen molar-refractivity contribution in [1.29, 1.82) is 0 Å². The molecule has 0 spiro atoms. The number of carbonyl (C=O) groups is 2. The van der Waals surface area contributed by atoms with Gasteiger partial charge in [0, 0.05) is 30.6 Å². The summed E-state index contributed by atoms with van der Waals surface area (Å²) < 4.78 is 26.0. The number of hydrogen-bond donors (Lipinski definition) is 1. The second-order valence-corrected chi connectivity index (χ2v) is 11.4. The van der Waals surface area contributed by atoms with Crippen LogP contribution in [0.15, 0.2) is 54.6 Å². The first kappa shape index (κ1) is 27.0. The molecular weight excluding hydrogens is 486 g/mol. The summed E-state index contributed by atoms with van der Waals surface area (Å²) in [5.74, 6) is -0.340. The van der Waals surface area contributed by atoms with E-state index in [1.54, 1.807) is 36.1 Å². The molecular formula is C26H34ClN3O4S.